The van der Waals surface area contributed by atoms with Gasteiger partial charge in [0.2, 0.25) is 10.0 Å². The molecule has 4 heterocycles. The molecule has 14 heteroatoms. The summed E-state index contributed by atoms with van der Waals surface area (Å²) in [7, 11) is -3.40. The van der Waals surface area contributed by atoms with Crippen LogP contribution in [0.4, 0.5) is 4.79 Å². The lowest BCUT2D eigenvalue weighted by Gasteiger charge is -2.32. The molecule has 0 spiro atoms. The first-order valence-corrected chi connectivity index (χ1v) is 17.7. The number of hydrogen-bond acceptors (Lipinski definition) is 7. The summed E-state index contributed by atoms with van der Waals surface area (Å²) in [6.45, 7) is 5.56. The van der Waals surface area contributed by atoms with Crippen molar-refractivity contribution in [3.05, 3.63) is 74.9 Å². The number of amides is 1. The summed E-state index contributed by atoms with van der Waals surface area (Å²) >= 11 is 6.58. The van der Waals surface area contributed by atoms with E-state index in [9.17, 15) is 28.2 Å². The zero-order chi connectivity index (χ0) is 33.3. The molecule has 248 valence electrons. The fourth-order valence-electron chi connectivity index (χ4n) is 6.43. The summed E-state index contributed by atoms with van der Waals surface area (Å²) in [6, 6.07) is 9.70. The predicted molar refractivity (Wildman–Crippen MR) is 175 cm³/mol. The fraction of sp³-hybridized carbons (Fsp3) is 0.424. The van der Waals surface area contributed by atoms with Crippen molar-refractivity contribution in [3.63, 3.8) is 0 Å². The highest BCUT2D eigenvalue weighted by atomic mass is 35.5. The van der Waals surface area contributed by atoms with Crippen LogP contribution < -0.4 is 0 Å². The maximum absolute atomic E-state index is 12.5. The van der Waals surface area contributed by atoms with Crippen molar-refractivity contribution in [3.8, 4) is 23.1 Å². The molecule has 1 fully saturated rings. The Labute approximate surface area is 278 Å². The van der Waals surface area contributed by atoms with Crippen molar-refractivity contribution in [1.29, 1.82) is 0 Å². The maximum Gasteiger partial charge on any atom is 0.408 e. The number of nitrogens with zero attached hydrogens (tertiary/aromatic N) is 5. The number of sulfonamides is 1. The minimum Gasteiger partial charge on any atom is -0.480 e. The summed E-state index contributed by atoms with van der Waals surface area (Å²) in [5.41, 5.74) is 6.08. The zero-order valence-electron chi connectivity index (χ0n) is 26.0. The number of morpholine rings is 1. The predicted octanol–water partition coefficient (Wildman–Crippen LogP) is 3.13. The molecular weight excluding hydrogens is 646 g/mol. The Morgan fingerprint density at radius 1 is 1.02 bits per heavy atom. The lowest BCUT2D eigenvalue weighted by atomic mass is 9.92. The van der Waals surface area contributed by atoms with E-state index >= 15 is 0 Å². The average molecular weight is 682 g/mol. The number of ether oxygens (including phenoxy) is 1. The second-order valence-electron chi connectivity index (χ2n) is 12.0. The number of carbonyl (C=O) groups is 2. The van der Waals surface area contributed by atoms with Gasteiger partial charge in [0, 0.05) is 80.1 Å². The Balaban J connectivity index is 1.28. The molecule has 0 bridgehead atoms. The lowest BCUT2D eigenvalue weighted by Crippen LogP contribution is -2.48. The molecule has 0 saturated carbocycles. The number of aromatic nitrogens is 2. The number of hydrogen-bond donors (Lipinski definition) is 2. The quantitative estimate of drug-likeness (QED) is 0.359. The van der Waals surface area contributed by atoms with E-state index in [1.165, 1.54) is 10.6 Å². The van der Waals surface area contributed by atoms with Gasteiger partial charge in [0.1, 0.15) is 6.04 Å². The molecule has 1 atom stereocenters. The molecule has 3 aromatic rings. The van der Waals surface area contributed by atoms with Crippen LogP contribution in [0.1, 0.15) is 39.9 Å². The number of rotatable bonds is 7. The number of carboxylic acids is 1. The van der Waals surface area contributed by atoms with Crippen molar-refractivity contribution in [2.45, 2.75) is 44.9 Å². The molecule has 1 saturated heterocycles. The lowest BCUT2D eigenvalue weighted by molar-refractivity contribution is -0.143. The first kappa shape index (κ1) is 33.0. The molecule has 3 aliphatic heterocycles. The highest BCUT2D eigenvalue weighted by Gasteiger charge is 2.35. The van der Waals surface area contributed by atoms with Gasteiger partial charge in [-0.15, -0.1) is 0 Å². The highest BCUT2D eigenvalue weighted by Crippen LogP contribution is 2.33. The molecule has 1 amide bonds. The van der Waals surface area contributed by atoms with Gasteiger partial charge in [-0.3, -0.25) is 14.5 Å². The van der Waals surface area contributed by atoms with Crippen LogP contribution in [0.3, 0.4) is 0 Å². The smallest absolute Gasteiger partial charge is 0.408 e. The number of halogens is 1. The molecule has 6 rings (SSSR count). The van der Waals surface area contributed by atoms with Crippen LogP contribution in [0.5, 0.6) is 0 Å². The second kappa shape index (κ2) is 13.7. The Hall–Kier alpha value is -3.93. The summed E-state index contributed by atoms with van der Waals surface area (Å²) in [5.74, 6) is 5.07. The molecule has 0 unspecified atom stereocenters. The van der Waals surface area contributed by atoms with Crippen LogP contribution >= 0.6 is 11.6 Å². The Morgan fingerprint density at radius 3 is 2.53 bits per heavy atom. The molecule has 2 aromatic carbocycles. The zero-order valence-corrected chi connectivity index (χ0v) is 27.6. The normalized spacial score (nSPS) is 18.6. The average Bonchev–Trinajstić information content (AvgIpc) is 3.41. The largest absolute Gasteiger partial charge is 0.480 e. The first-order chi connectivity index (χ1) is 22.5. The van der Waals surface area contributed by atoms with Gasteiger partial charge in [0.15, 0.2) is 0 Å². The van der Waals surface area contributed by atoms with E-state index in [4.69, 9.17) is 21.4 Å². The summed E-state index contributed by atoms with van der Waals surface area (Å²) in [6.07, 6.45) is 1.50. The number of aryl methyl sites for hydroxylation is 1. The summed E-state index contributed by atoms with van der Waals surface area (Å²) in [4.78, 5) is 26.7. The van der Waals surface area contributed by atoms with Gasteiger partial charge in [-0.05, 0) is 41.8 Å². The van der Waals surface area contributed by atoms with Gasteiger partial charge in [-0.1, -0.05) is 35.6 Å². The minimum atomic E-state index is -3.40. The van der Waals surface area contributed by atoms with Crippen molar-refractivity contribution < 1.29 is 33.0 Å². The first-order valence-electron chi connectivity index (χ1n) is 15.5. The van der Waals surface area contributed by atoms with Crippen LogP contribution in [0, 0.1) is 11.8 Å². The number of benzene rings is 2. The molecule has 3 aliphatic rings. The Bertz CT molecular complexity index is 1880. The van der Waals surface area contributed by atoms with Crippen LogP contribution in [0.15, 0.2) is 36.4 Å². The monoisotopic (exact) mass is 681 g/mol. The topological polar surface area (TPSA) is 146 Å². The van der Waals surface area contributed by atoms with Crippen molar-refractivity contribution in [2.24, 2.45) is 0 Å². The number of fused-ring (bicyclic) bond motifs is 2. The van der Waals surface area contributed by atoms with E-state index < -0.39 is 28.1 Å². The Morgan fingerprint density at radius 2 is 1.81 bits per heavy atom. The van der Waals surface area contributed by atoms with E-state index in [-0.39, 0.29) is 19.5 Å². The number of aliphatic carboxylic acids is 1. The van der Waals surface area contributed by atoms with Crippen molar-refractivity contribution >= 4 is 33.7 Å². The van der Waals surface area contributed by atoms with Crippen LogP contribution in [0.25, 0.3) is 11.3 Å². The molecule has 0 aliphatic carbocycles. The van der Waals surface area contributed by atoms with Crippen LogP contribution in [0.2, 0.25) is 5.02 Å². The number of carboxylic acid groups (broad SMARTS) is 2. The van der Waals surface area contributed by atoms with Gasteiger partial charge in [-0.2, -0.15) is 9.40 Å². The molecule has 0 radical (unpaired) electrons. The second-order valence-corrected chi connectivity index (χ2v) is 14.4. The van der Waals surface area contributed by atoms with Gasteiger partial charge < -0.3 is 14.9 Å². The third kappa shape index (κ3) is 7.32. The van der Waals surface area contributed by atoms with Gasteiger partial charge >= 0.3 is 12.1 Å². The molecule has 47 heavy (non-hydrogen) atoms. The highest BCUT2D eigenvalue weighted by molar-refractivity contribution is 7.88. The van der Waals surface area contributed by atoms with E-state index in [2.05, 4.69) is 16.7 Å². The van der Waals surface area contributed by atoms with Crippen molar-refractivity contribution in [2.75, 3.05) is 45.6 Å². The van der Waals surface area contributed by atoms with E-state index in [0.29, 0.717) is 46.9 Å². The Kier molecular flexibility index (Phi) is 9.59. The van der Waals surface area contributed by atoms with Crippen molar-refractivity contribution in [1.82, 2.24) is 23.9 Å². The fourth-order valence-corrected chi connectivity index (χ4v) is 7.38. The molecule has 1 aromatic heterocycles. The summed E-state index contributed by atoms with van der Waals surface area (Å²) < 4.78 is 34.0. The third-order valence-electron chi connectivity index (χ3n) is 8.96. The molecule has 2 N–H and O–H groups in total. The third-order valence-corrected chi connectivity index (χ3v) is 10.5. The van der Waals surface area contributed by atoms with Gasteiger partial charge in [0.25, 0.3) is 0 Å². The van der Waals surface area contributed by atoms with Crippen LogP contribution in [-0.2, 0) is 52.0 Å². The van der Waals surface area contributed by atoms with Gasteiger partial charge in [-0.25, -0.2) is 18.0 Å². The summed E-state index contributed by atoms with van der Waals surface area (Å²) in [5, 5.41) is 24.5. The minimum absolute atomic E-state index is 0.0435. The maximum atomic E-state index is 12.5. The van der Waals surface area contributed by atoms with Crippen LogP contribution in [-0.4, -0.2) is 106 Å². The SMILES string of the molecule is CS(=O)(=O)N1CCc2c(c(-c3ccc(Cl)c(C#Cc4ccc5c(c4)CN(C(=O)O)[C@H](C(=O)O)C5)c3)nn2CCCN2CCOCC2)C1. The van der Waals surface area contributed by atoms with E-state index in [1.807, 2.05) is 16.8 Å². The standard InChI is InChI=1S/C33H36ClN5O7S/c1-47(44,45)37-12-9-29-27(21-37)31(35-39(29)11-2-10-36-13-15-46-16-14-36)25-7-8-28(34)24(18-25)6-4-22-3-5-23-19-30(32(40)41)38(33(42)43)20-26(23)17-22/h3,5,7-8,17-18,30H,2,9-16,19-21H2,1H3,(H,40,41)(H,42,43)/t30-/m0/s1. The molecule has 12 nitrogen and oxygen atoms in total. The van der Waals surface area contributed by atoms with E-state index in [0.717, 1.165) is 66.6 Å². The van der Waals surface area contributed by atoms with Gasteiger partial charge in [0.05, 0.1) is 36.7 Å². The molecular formula is C33H36ClN5O7S. The van der Waals surface area contributed by atoms with E-state index in [1.54, 1.807) is 24.3 Å².